The summed E-state index contributed by atoms with van der Waals surface area (Å²) in [7, 11) is 1.60. The van der Waals surface area contributed by atoms with Gasteiger partial charge in [0.1, 0.15) is 6.61 Å². The number of benzene rings is 3. The minimum absolute atomic E-state index is 0.0136. The molecule has 2 amide bonds. The van der Waals surface area contributed by atoms with Crippen LogP contribution in [-0.2, 0) is 30.7 Å². The number of nitrogens with zero attached hydrogens (tertiary/aromatic N) is 1. The molecular weight excluding hydrogens is 464 g/mol. The number of rotatable bonds is 7. The average Bonchev–Trinajstić information content (AvgIpc) is 3.22. The molecule has 5 rings (SSSR count). The van der Waals surface area contributed by atoms with Crippen LogP contribution < -0.4 is 19.7 Å². The van der Waals surface area contributed by atoms with E-state index in [-0.39, 0.29) is 23.8 Å². The lowest BCUT2D eigenvalue weighted by Gasteiger charge is -2.23. The maximum Gasteiger partial charge on any atom is 0.258 e. The molecule has 1 atom stereocenters. The molecule has 0 fully saturated rings. The maximum atomic E-state index is 13.7. The lowest BCUT2D eigenvalue weighted by atomic mass is 9.99. The Morgan fingerprint density at radius 3 is 2.59 bits per heavy atom. The summed E-state index contributed by atoms with van der Waals surface area (Å²) in [5.74, 6) is 1.07. The van der Waals surface area contributed by atoms with Crippen LogP contribution in [0.25, 0.3) is 0 Å². The third-order valence-corrected chi connectivity index (χ3v) is 7.30. The SMILES string of the molecule is CCc1cc(COc2cc3c(cc2OC)C(=O)N2c4ccccc4C[C@H]2CC3)cc(NC(=O)C(C)C)c1. The maximum absolute atomic E-state index is 13.7. The van der Waals surface area contributed by atoms with E-state index in [0.29, 0.717) is 23.7 Å². The van der Waals surface area contributed by atoms with Crippen LogP contribution in [0, 0.1) is 5.92 Å². The van der Waals surface area contributed by atoms with Gasteiger partial charge in [0.2, 0.25) is 5.91 Å². The number of hydrogen-bond acceptors (Lipinski definition) is 4. The Morgan fingerprint density at radius 1 is 1.05 bits per heavy atom. The molecule has 6 nitrogen and oxygen atoms in total. The number of para-hydroxylation sites is 1. The standard InChI is InChI=1S/C31H34N2O4/c1-5-20-12-21(14-24(13-20)32-30(34)19(2)3)18-37-29-16-22-10-11-25-15-23-8-6-7-9-27(23)33(25)31(35)26(22)17-28(29)36-4/h6-9,12-14,16-17,19,25H,5,10-11,15,18H2,1-4H3,(H,32,34)/t25-/m1/s1. The van der Waals surface area contributed by atoms with Crippen LogP contribution in [0.4, 0.5) is 11.4 Å². The molecule has 0 aliphatic carbocycles. The Hall–Kier alpha value is -3.80. The van der Waals surface area contributed by atoms with Crippen molar-refractivity contribution in [3.63, 3.8) is 0 Å². The fourth-order valence-electron chi connectivity index (χ4n) is 5.27. The number of carbonyl (C=O) groups excluding carboxylic acids is 2. The molecule has 0 radical (unpaired) electrons. The van der Waals surface area contributed by atoms with Crippen molar-refractivity contribution in [2.24, 2.45) is 5.92 Å². The zero-order chi connectivity index (χ0) is 26.1. The predicted molar refractivity (Wildman–Crippen MR) is 146 cm³/mol. The first kappa shape index (κ1) is 24.9. The van der Waals surface area contributed by atoms with Crippen LogP contribution in [0.5, 0.6) is 11.5 Å². The monoisotopic (exact) mass is 498 g/mol. The molecule has 2 heterocycles. The second-order valence-electron chi connectivity index (χ2n) is 10.2. The third kappa shape index (κ3) is 4.93. The van der Waals surface area contributed by atoms with Crippen LogP contribution in [0.15, 0.2) is 54.6 Å². The first-order valence-corrected chi connectivity index (χ1v) is 13.1. The van der Waals surface area contributed by atoms with Crippen molar-refractivity contribution in [3.05, 3.63) is 82.4 Å². The molecule has 192 valence electrons. The molecule has 0 bridgehead atoms. The van der Waals surface area contributed by atoms with Gasteiger partial charge in [0.15, 0.2) is 11.5 Å². The van der Waals surface area contributed by atoms with Gasteiger partial charge >= 0.3 is 0 Å². The van der Waals surface area contributed by atoms with Crippen molar-refractivity contribution in [3.8, 4) is 11.5 Å². The summed E-state index contributed by atoms with van der Waals surface area (Å²) >= 11 is 0. The van der Waals surface area contributed by atoms with Gasteiger partial charge in [-0.05, 0) is 78.3 Å². The van der Waals surface area contributed by atoms with Crippen LogP contribution in [-0.4, -0.2) is 25.0 Å². The molecule has 6 heteroatoms. The summed E-state index contributed by atoms with van der Waals surface area (Å²) in [5, 5.41) is 2.99. The highest BCUT2D eigenvalue weighted by atomic mass is 16.5. The van der Waals surface area contributed by atoms with E-state index in [9.17, 15) is 9.59 Å². The smallest absolute Gasteiger partial charge is 0.258 e. The third-order valence-electron chi connectivity index (χ3n) is 7.30. The number of amides is 2. The highest BCUT2D eigenvalue weighted by Gasteiger charge is 2.37. The van der Waals surface area contributed by atoms with Crippen molar-refractivity contribution in [1.82, 2.24) is 0 Å². The van der Waals surface area contributed by atoms with Gasteiger partial charge in [0.05, 0.1) is 7.11 Å². The van der Waals surface area contributed by atoms with E-state index < -0.39 is 0 Å². The van der Waals surface area contributed by atoms with Crippen LogP contribution >= 0.6 is 0 Å². The summed E-state index contributed by atoms with van der Waals surface area (Å²) < 4.78 is 11.9. The Kier molecular flexibility index (Phi) is 6.92. The number of aryl methyl sites for hydroxylation is 2. The normalized spacial score (nSPS) is 16.1. The Balaban J connectivity index is 1.40. The van der Waals surface area contributed by atoms with E-state index in [1.807, 2.05) is 61.2 Å². The molecule has 37 heavy (non-hydrogen) atoms. The molecule has 0 saturated heterocycles. The summed E-state index contributed by atoms with van der Waals surface area (Å²) in [6, 6.07) is 18.2. The van der Waals surface area contributed by atoms with Gasteiger partial charge in [0.25, 0.3) is 5.91 Å². The quantitative estimate of drug-likeness (QED) is 0.437. The summed E-state index contributed by atoms with van der Waals surface area (Å²) in [6.45, 7) is 6.16. The summed E-state index contributed by atoms with van der Waals surface area (Å²) in [4.78, 5) is 27.9. The van der Waals surface area contributed by atoms with Gasteiger partial charge in [-0.25, -0.2) is 0 Å². The second kappa shape index (κ2) is 10.3. The first-order valence-electron chi connectivity index (χ1n) is 13.1. The molecule has 0 spiro atoms. The molecule has 0 unspecified atom stereocenters. The fourth-order valence-corrected chi connectivity index (χ4v) is 5.27. The zero-order valence-electron chi connectivity index (χ0n) is 22.0. The molecule has 3 aromatic carbocycles. The number of fused-ring (bicyclic) bond motifs is 4. The second-order valence-corrected chi connectivity index (χ2v) is 10.2. The van der Waals surface area contributed by atoms with Gasteiger partial charge < -0.3 is 19.7 Å². The first-order chi connectivity index (χ1) is 17.9. The molecule has 2 aliphatic rings. The molecule has 0 saturated carbocycles. The van der Waals surface area contributed by atoms with Crippen molar-refractivity contribution < 1.29 is 19.1 Å². The van der Waals surface area contributed by atoms with E-state index in [2.05, 4.69) is 24.4 Å². The Labute approximate surface area is 218 Å². The number of ether oxygens (including phenoxy) is 2. The van der Waals surface area contributed by atoms with Crippen LogP contribution in [0.1, 0.15) is 59.8 Å². The van der Waals surface area contributed by atoms with Gasteiger partial charge in [-0.1, -0.05) is 45.0 Å². The number of anilines is 2. The number of methoxy groups -OCH3 is 1. The largest absolute Gasteiger partial charge is 0.493 e. The van der Waals surface area contributed by atoms with Crippen molar-refractivity contribution in [2.75, 3.05) is 17.3 Å². The van der Waals surface area contributed by atoms with E-state index in [4.69, 9.17) is 9.47 Å². The molecule has 1 N–H and O–H groups in total. The number of hydrogen-bond donors (Lipinski definition) is 1. The zero-order valence-corrected chi connectivity index (χ0v) is 22.0. The van der Waals surface area contributed by atoms with Crippen molar-refractivity contribution in [1.29, 1.82) is 0 Å². The average molecular weight is 499 g/mol. The lowest BCUT2D eigenvalue weighted by Crippen LogP contribution is -2.36. The molecule has 3 aromatic rings. The summed E-state index contributed by atoms with van der Waals surface area (Å²) in [6.07, 6.45) is 3.44. The van der Waals surface area contributed by atoms with Crippen molar-refractivity contribution >= 4 is 23.2 Å². The highest BCUT2D eigenvalue weighted by Crippen LogP contribution is 2.40. The van der Waals surface area contributed by atoms with E-state index in [0.717, 1.165) is 53.7 Å². The lowest BCUT2D eigenvalue weighted by molar-refractivity contribution is -0.118. The Bertz CT molecular complexity index is 1350. The molecule has 0 aromatic heterocycles. The molecular formula is C31H34N2O4. The minimum atomic E-state index is -0.0964. The highest BCUT2D eigenvalue weighted by molar-refractivity contribution is 6.09. The fraction of sp³-hybridized carbons (Fsp3) is 0.355. The van der Waals surface area contributed by atoms with Crippen LogP contribution in [0.3, 0.4) is 0 Å². The van der Waals surface area contributed by atoms with E-state index in [1.54, 1.807) is 7.11 Å². The van der Waals surface area contributed by atoms with Gasteiger partial charge in [-0.3, -0.25) is 9.59 Å². The van der Waals surface area contributed by atoms with E-state index in [1.165, 1.54) is 5.56 Å². The van der Waals surface area contributed by atoms with E-state index >= 15 is 0 Å². The van der Waals surface area contributed by atoms with Gasteiger partial charge in [-0.2, -0.15) is 0 Å². The van der Waals surface area contributed by atoms with Gasteiger partial charge in [0, 0.05) is 28.9 Å². The topological polar surface area (TPSA) is 67.9 Å². The van der Waals surface area contributed by atoms with Gasteiger partial charge in [-0.15, -0.1) is 0 Å². The number of nitrogens with one attached hydrogen (secondary N) is 1. The predicted octanol–water partition coefficient (Wildman–Crippen LogP) is 5.95. The van der Waals surface area contributed by atoms with Crippen LogP contribution in [0.2, 0.25) is 0 Å². The van der Waals surface area contributed by atoms with Crippen molar-refractivity contribution in [2.45, 2.75) is 59.1 Å². The Morgan fingerprint density at radius 2 is 1.84 bits per heavy atom. The summed E-state index contributed by atoms with van der Waals surface area (Å²) in [5.41, 5.74) is 6.77. The molecule has 2 aliphatic heterocycles. The number of carbonyl (C=O) groups is 2. The minimum Gasteiger partial charge on any atom is -0.493 e.